The molecular formula is C84H152NO8P. The van der Waals surface area contributed by atoms with E-state index in [2.05, 4.69) is 111 Å². The summed E-state index contributed by atoms with van der Waals surface area (Å²) in [5.41, 5.74) is 0. The number of rotatable bonds is 74. The topological polar surface area (TPSA) is 111 Å². The van der Waals surface area contributed by atoms with E-state index < -0.39 is 26.5 Å². The quantitative estimate of drug-likeness (QED) is 0.0195. The Balaban J connectivity index is 3.98. The second kappa shape index (κ2) is 74.2. The van der Waals surface area contributed by atoms with Crippen molar-refractivity contribution in [2.45, 2.75) is 380 Å². The van der Waals surface area contributed by atoms with E-state index in [-0.39, 0.29) is 32.0 Å². The highest BCUT2D eigenvalue weighted by molar-refractivity contribution is 7.45. The summed E-state index contributed by atoms with van der Waals surface area (Å²) in [5, 5.41) is 0. The third kappa shape index (κ3) is 77.9. The van der Waals surface area contributed by atoms with E-state index in [9.17, 15) is 19.0 Å². The lowest BCUT2D eigenvalue weighted by Gasteiger charge is -2.28. The summed E-state index contributed by atoms with van der Waals surface area (Å²) in [7, 11) is 1.17. The Bertz CT molecular complexity index is 1910. The molecule has 0 radical (unpaired) electrons. The number of quaternary nitrogens is 1. The summed E-state index contributed by atoms with van der Waals surface area (Å²) in [4.78, 5) is 38.2. The minimum atomic E-state index is -4.65. The summed E-state index contributed by atoms with van der Waals surface area (Å²) in [6, 6.07) is 0. The summed E-state index contributed by atoms with van der Waals surface area (Å²) in [6.45, 7) is 4.17. The molecule has 2 unspecified atom stereocenters. The van der Waals surface area contributed by atoms with Gasteiger partial charge in [0.15, 0.2) is 6.10 Å². The van der Waals surface area contributed by atoms with Crippen molar-refractivity contribution in [3.8, 4) is 0 Å². The van der Waals surface area contributed by atoms with E-state index in [1.165, 1.54) is 244 Å². The number of hydrogen-bond acceptors (Lipinski definition) is 8. The number of likely N-dealkylation sites (N-methyl/N-ethyl adjacent to an activating group) is 1. The van der Waals surface area contributed by atoms with Crippen LogP contribution in [0, 0.1) is 0 Å². The maximum absolute atomic E-state index is 12.9. The zero-order valence-electron chi connectivity index (χ0n) is 62.4. The van der Waals surface area contributed by atoms with Crippen LogP contribution in [0.25, 0.3) is 0 Å². The van der Waals surface area contributed by atoms with Gasteiger partial charge < -0.3 is 27.9 Å². The minimum Gasteiger partial charge on any atom is -0.756 e. The SMILES string of the molecule is CC/C=C\C/C=C\C/C=C\C/C=C\C/C=C\C/C=C\C/C=C\C/C=C\CCCCCCCCCCCCC(=O)OC(COC(=O)CCCCCCCCCCCCCCCCCCCCCCCCCCCCCCCCCCCCC)COP(=O)([O-])OCC[N+](C)(C)C. The van der Waals surface area contributed by atoms with Crippen LogP contribution in [0.5, 0.6) is 0 Å². The first-order chi connectivity index (χ1) is 46.0. The van der Waals surface area contributed by atoms with Crippen molar-refractivity contribution in [3.63, 3.8) is 0 Å². The standard InChI is InChI=1S/C84H152NO8P/c1-6-8-10-12-14-16-18-20-22-24-26-28-30-32-34-36-38-40-42-44-46-48-50-52-54-56-58-60-62-64-66-68-70-72-74-76-83(86)90-80-82(81-92-94(88,89)91-79-78-85(3,4)5)93-84(87)77-75-73-71-69-67-65-63-61-59-57-55-53-51-49-47-45-43-41-39-37-35-33-31-29-27-25-23-21-19-17-15-13-11-9-7-2/h9,11,15,17,21,23,27,29,33,35,39,41,45,47,51,53,82H,6-8,10,12-14,16,18-20,22,24-26,28,30-32,34,36-38,40,42-44,46,48-50,52,54-81H2,1-5H3/b11-9-,17-15-,23-21-,29-27-,35-33-,41-39-,47-45-,53-51-. The van der Waals surface area contributed by atoms with Gasteiger partial charge in [-0.1, -0.05) is 381 Å². The van der Waals surface area contributed by atoms with E-state index in [0.717, 1.165) is 96.3 Å². The molecule has 0 aliphatic carbocycles. The van der Waals surface area contributed by atoms with Crippen molar-refractivity contribution in [1.29, 1.82) is 0 Å². The fourth-order valence-electron chi connectivity index (χ4n) is 11.6. The molecule has 0 amide bonds. The fraction of sp³-hybridized carbons (Fsp3) is 0.786. The predicted octanol–water partition coefficient (Wildman–Crippen LogP) is 26.0. The molecule has 546 valence electrons. The zero-order chi connectivity index (χ0) is 68.3. The van der Waals surface area contributed by atoms with E-state index in [4.69, 9.17) is 18.5 Å². The van der Waals surface area contributed by atoms with Crippen molar-refractivity contribution < 1.29 is 42.1 Å². The molecule has 0 bridgehead atoms. The molecule has 0 fully saturated rings. The highest BCUT2D eigenvalue weighted by Gasteiger charge is 2.22. The molecule has 0 aromatic heterocycles. The summed E-state index contributed by atoms with van der Waals surface area (Å²) in [5.74, 6) is -0.826. The normalized spacial score (nSPS) is 13.6. The Morgan fingerprint density at radius 2 is 0.606 bits per heavy atom. The van der Waals surface area contributed by atoms with Gasteiger partial charge in [0, 0.05) is 12.8 Å². The van der Waals surface area contributed by atoms with Crippen LogP contribution in [-0.2, 0) is 32.7 Å². The average molecular weight is 1340 g/mol. The first kappa shape index (κ1) is 90.9. The third-order valence-electron chi connectivity index (χ3n) is 17.6. The van der Waals surface area contributed by atoms with Crippen LogP contribution in [0.3, 0.4) is 0 Å². The summed E-state index contributed by atoms with van der Waals surface area (Å²) in [6.07, 6.45) is 104. The molecule has 0 N–H and O–H groups in total. The fourth-order valence-corrected chi connectivity index (χ4v) is 12.3. The Morgan fingerprint density at radius 3 is 0.904 bits per heavy atom. The lowest BCUT2D eigenvalue weighted by Crippen LogP contribution is -2.37. The van der Waals surface area contributed by atoms with Crippen molar-refractivity contribution in [3.05, 3.63) is 97.2 Å². The molecule has 10 heteroatoms. The van der Waals surface area contributed by atoms with Gasteiger partial charge in [0.1, 0.15) is 19.8 Å². The number of carbonyl (C=O) groups is 2. The van der Waals surface area contributed by atoms with Crippen LogP contribution in [0.4, 0.5) is 0 Å². The first-order valence-electron chi connectivity index (χ1n) is 39.9. The van der Waals surface area contributed by atoms with Gasteiger partial charge in [-0.15, -0.1) is 0 Å². The second-order valence-corrected chi connectivity index (χ2v) is 29.5. The highest BCUT2D eigenvalue weighted by atomic mass is 31.2. The molecule has 0 heterocycles. The number of esters is 2. The molecule has 0 aliphatic heterocycles. The maximum Gasteiger partial charge on any atom is 0.306 e. The minimum absolute atomic E-state index is 0.0336. The van der Waals surface area contributed by atoms with Crippen molar-refractivity contribution >= 4 is 19.8 Å². The Morgan fingerprint density at radius 1 is 0.340 bits per heavy atom. The molecule has 0 spiro atoms. The van der Waals surface area contributed by atoms with Crippen LogP contribution >= 0.6 is 7.82 Å². The summed E-state index contributed by atoms with van der Waals surface area (Å²) >= 11 is 0. The van der Waals surface area contributed by atoms with Gasteiger partial charge in [-0.3, -0.25) is 14.2 Å². The van der Waals surface area contributed by atoms with Crippen molar-refractivity contribution in [2.24, 2.45) is 0 Å². The van der Waals surface area contributed by atoms with E-state index in [0.29, 0.717) is 17.4 Å². The number of allylic oxidation sites excluding steroid dienone is 16. The maximum atomic E-state index is 12.9. The number of unbranched alkanes of at least 4 members (excludes halogenated alkanes) is 44. The molecule has 0 aromatic rings. The van der Waals surface area contributed by atoms with Crippen LogP contribution in [0.2, 0.25) is 0 Å². The van der Waals surface area contributed by atoms with Crippen LogP contribution in [0.15, 0.2) is 97.2 Å². The van der Waals surface area contributed by atoms with Gasteiger partial charge in [0.25, 0.3) is 7.82 Å². The monoisotopic (exact) mass is 1330 g/mol. The molecule has 0 saturated heterocycles. The Hall–Kier alpha value is -3.07. The van der Waals surface area contributed by atoms with Gasteiger partial charge in [-0.25, -0.2) is 0 Å². The van der Waals surface area contributed by atoms with E-state index in [1.807, 2.05) is 21.1 Å². The van der Waals surface area contributed by atoms with Gasteiger partial charge >= 0.3 is 11.9 Å². The second-order valence-electron chi connectivity index (χ2n) is 28.1. The predicted molar refractivity (Wildman–Crippen MR) is 406 cm³/mol. The van der Waals surface area contributed by atoms with Gasteiger partial charge in [-0.05, 0) is 77.0 Å². The average Bonchev–Trinajstić information content (AvgIpc) is 1.68. The van der Waals surface area contributed by atoms with Crippen LogP contribution < -0.4 is 4.89 Å². The van der Waals surface area contributed by atoms with Gasteiger partial charge in [0.2, 0.25) is 0 Å². The highest BCUT2D eigenvalue weighted by Crippen LogP contribution is 2.38. The van der Waals surface area contributed by atoms with Crippen molar-refractivity contribution in [2.75, 3.05) is 47.5 Å². The largest absolute Gasteiger partial charge is 0.756 e. The molecule has 0 rings (SSSR count). The number of phosphoric acid groups is 1. The number of carbonyl (C=O) groups excluding carboxylic acids is 2. The number of phosphoric ester groups is 1. The first-order valence-corrected chi connectivity index (χ1v) is 41.4. The molecule has 0 aliphatic rings. The molecule has 0 aromatic carbocycles. The molecule has 2 atom stereocenters. The third-order valence-corrected chi connectivity index (χ3v) is 18.6. The molecule has 94 heavy (non-hydrogen) atoms. The zero-order valence-corrected chi connectivity index (χ0v) is 63.3. The number of ether oxygens (including phenoxy) is 2. The van der Waals surface area contributed by atoms with Gasteiger partial charge in [-0.2, -0.15) is 0 Å². The summed E-state index contributed by atoms with van der Waals surface area (Å²) < 4.78 is 34.4. The molecule has 0 saturated carbocycles. The smallest absolute Gasteiger partial charge is 0.306 e. The molecule has 9 nitrogen and oxygen atoms in total. The molecular weight excluding hydrogens is 1180 g/mol. The number of nitrogens with zero attached hydrogens (tertiary/aromatic N) is 1. The van der Waals surface area contributed by atoms with E-state index in [1.54, 1.807) is 0 Å². The van der Waals surface area contributed by atoms with Crippen LogP contribution in [0.1, 0.15) is 373 Å². The van der Waals surface area contributed by atoms with Crippen molar-refractivity contribution in [1.82, 2.24) is 0 Å². The van der Waals surface area contributed by atoms with Gasteiger partial charge in [0.05, 0.1) is 27.7 Å². The lowest BCUT2D eigenvalue weighted by atomic mass is 10.0. The van der Waals surface area contributed by atoms with E-state index >= 15 is 0 Å². The lowest BCUT2D eigenvalue weighted by molar-refractivity contribution is -0.870. The van der Waals surface area contributed by atoms with Crippen LogP contribution in [-0.4, -0.2) is 70.0 Å². The Kier molecular flexibility index (Phi) is 71.7. The Labute approximate surface area is 583 Å². The number of hydrogen-bond donors (Lipinski definition) is 0.